The Bertz CT molecular complexity index is 744. The van der Waals surface area contributed by atoms with Crippen molar-refractivity contribution in [2.45, 2.75) is 52.7 Å². The molecule has 1 rings (SSSR count). The second kappa shape index (κ2) is 11.6. The van der Waals surface area contributed by atoms with E-state index < -0.39 is 17.2 Å². The van der Waals surface area contributed by atoms with Crippen LogP contribution in [0, 0.1) is 0 Å². The first-order valence-electron chi connectivity index (χ1n) is 9.99. The number of rotatable bonds is 8. The molecule has 2 amide bonds. The Kier molecular flexibility index (Phi) is 9.92. The third-order valence-corrected chi connectivity index (χ3v) is 3.97. The minimum Gasteiger partial charge on any atom is -0.444 e. The van der Waals surface area contributed by atoms with Crippen LogP contribution >= 0.6 is 11.6 Å². The van der Waals surface area contributed by atoms with Crippen LogP contribution in [0.1, 0.15) is 51.9 Å². The maximum atomic E-state index is 12.2. The number of alkyl carbamates (subject to hydrolysis) is 1. The van der Waals surface area contributed by atoms with E-state index in [1.54, 1.807) is 24.3 Å². The highest BCUT2D eigenvalue weighted by atomic mass is 35.5. The molecule has 0 spiro atoms. The summed E-state index contributed by atoms with van der Waals surface area (Å²) < 4.78 is 5.30. The number of carbonyl (C=O) groups is 2. The molecule has 0 unspecified atom stereocenters. The minimum atomic E-state index is -0.594. The standard InChI is InChI=1S/C21H34ClN5O3/c1-7-23-18(26-14-21(5,6)27-19(29)30-20(2,3)4)25-13-12-24-17(28)15-10-8-9-11-16(15)22/h8-11H,7,12-14H2,1-6H3,(H,24,28)(H,27,29)(H2,23,25,26). The lowest BCUT2D eigenvalue weighted by Gasteiger charge is -2.27. The molecule has 0 heterocycles. The van der Waals surface area contributed by atoms with Crippen molar-refractivity contribution in [2.75, 3.05) is 26.2 Å². The van der Waals surface area contributed by atoms with Gasteiger partial charge in [-0.3, -0.25) is 9.79 Å². The van der Waals surface area contributed by atoms with Crippen LogP contribution in [0.5, 0.6) is 0 Å². The van der Waals surface area contributed by atoms with Gasteiger partial charge in [-0.15, -0.1) is 0 Å². The quantitative estimate of drug-likeness (QED) is 0.283. The molecule has 8 nitrogen and oxygen atoms in total. The summed E-state index contributed by atoms with van der Waals surface area (Å²) in [6.45, 7) is 13.0. The number of guanidine groups is 1. The number of nitrogens with one attached hydrogen (secondary N) is 4. The minimum absolute atomic E-state index is 0.230. The number of nitrogens with zero attached hydrogens (tertiary/aromatic N) is 1. The van der Waals surface area contributed by atoms with Gasteiger partial charge in [0.2, 0.25) is 0 Å². The fourth-order valence-corrected chi connectivity index (χ4v) is 2.56. The molecule has 30 heavy (non-hydrogen) atoms. The number of aliphatic imine (C=N–C) groups is 1. The largest absolute Gasteiger partial charge is 0.444 e. The second-order valence-corrected chi connectivity index (χ2v) is 8.78. The molecule has 0 aliphatic rings. The van der Waals surface area contributed by atoms with Crippen LogP contribution in [0.2, 0.25) is 5.02 Å². The first kappa shape index (κ1) is 25.6. The number of hydrogen-bond acceptors (Lipinski definition) is 4. The van der Waals surface area contributed by atoms with E-state index in [0.29, 0.717) is 42.7 Å². The fourth-order valence-electron chi connectivity index (χ4n) is 2.34. The number of carbonyl (C=O) groups excluding carboxylic acids is 2. The summed E-state index contributed by atoms with van der Waals surface area (Å²) in [5, 5.41) is 12.3. The predicted octanol–water partition coefficient (Wildman–Crippen LogP) is 2.93. The summed E-state index contributed by atoms with van der Waals surface area (Å²) in [6.07, 6.45) is -0.483. The van der Waals surface area contributed by atoms with Gasteiger partial charge in [0.1, 0.15) is 5.60 Å². The molecular weight excluding hydrogens is 406 g/mol. The highest BCUT2D eigenvalue weighted by Crippen LogP contribution is 2.14. The zero-order valence-corrected chi connectivity index (χ0v) is 19.4. The van der Waals surface area contributed by atoms with Crippen LogP contribution in [0.15, 0.2) is 29.3 Å². The van der Waals surface area contributed by atoms with Crippen LogP contribution in [-0.2, 0) is 4.74 Å². The summed E-state index contributed by atoms with van der Waals surface area (Å²) in [6, 6.07) is 6.90. The highest BCUT2D eigenvalue weighted by Gasteiger charge is 2.24. The Morgan fingerprint density at radius 1 is 1.03 bits per heavy atom. The average molecular weight is 440 g/mol. The molecule has 0 aromatic heterocycles. The van der Waals surface area contributed by atoms with Gasteiger partial charge in [0.15, 0.2) is 5.96 Å². The molecule has 0 fully saturated rings. The van der Waals surface area contributed by atoms with Gasteiger partial charge in [0, 0.05) is 19.6 Å². The molecule has 0 atom stereocenters. The SMILES string of the molecule is CCNC(=NCC(C)(C)NC(=O)OC(C)(C)C)NCCNC(=O)c1ccccc1Cl. The van der Waals surface area contributed by atoms with Crippen molar-refractivity contribution < 1.29 is 14.3 Å². The summed E-state index contributed by atoms with van der Waals surface area (Å²) in [4.78, 5) is 28.7. The average Bonchev–Trinajstić information content (AvgIpc) is 2.61. The zero-order chi connectivity index (χ0) is 22.8. The van der Waals surface area contributed by atoms with E-state index in [4.69, 9.17) is 16.3 Å². The Labute approximate surface area is 184 Å². The Morgan fingerprint density at radius 3 is 2.27 bits per heavy atom. The maximum Gasteiger partial charge on any atom is 0.408 e. The van der Waals surface area contributed by atoms with E-state index in [-0.39, 0.29) is 5.91 Å². The van der Waals surface area contributed by atoms with Gasteiger partial charge in [0.25, 0.3) is 5.91 Å². The molecule has 1 aromatic carbocycles. The molecule has 0 radical (unpaired) electrons. The maximum absolute atomic E-state index is 12.2. The number of halogens is 1. The van der Waals surface area contributed by atoms with Crippen molar-refractivity contribution in [3.63, 3.8) is 0 Å². The van der Waals surface area contributed by atoms with Gasteiger partial charge in [0.05, 0.1) is 22.7 Å². The summed E-state index contributed by atoms with van der Waals surface area (Å²) in [7, 11) is 0. The summed E-state index contributed by atoms with van der Waals surface area (Å²) >= 11 is 6.03. The Morgan fingerprint density at radius 2 is 1.67 bits per heavy atom. The Hall–Kier alpha value is -2.48. The lowest BCUT2D eigenvalue weighted by molar-refractivity contribution is 0.0476. The molecular formula is C21H34ClN5O3. The molecule has 0 aliphatic heterocycles. The summed E-state index contributed by atoms with van der Waals surface area (Å²) in [5.41, 5.74) is -0.716. The van der Waals surface area contributed by atoms with E-state index >= 15 is 0 Å². The van der Waals surface area contributed by atoms with Crippen LogP contribution in [0.3, 0.4) is 0 Å². The topological polar surface area (TPSA) is 104 Å². The predicted molar refractivity (Wildman–Crippen MR) is 121 cm³/mol. The monoisotopic (exact) mass is 439 g/mol. The van der Waals surface area contributed by atoms with Crippen molar-refractivity contribution in [1.82, 2.24) is 21.3 Å². The van der Waals surface area contributed by atoms with Gasteiger partial charge in [-0.05, 0) is 53.7 Å². The van der Waals surface area contributed by atoms with Gasteiger partial charge in [-0.25, -0.2) is 4.79 Å². The van der Waals surface area contributed by atoms with Gasteiger partial charge in [-0.2, -0.15) is 0 Å². The number of hydrogen-bond donors (Lipinski definition) is 4. The van der Waals surface area contributed by atoms with Crippen molar-refractivity contribution >= 4 is 29.6 Å². The van der Waals surface area contributed by atoms with Gasteiger partial charge in [-0.1, -0.05) is 23.7 Å². The first-order valence-corrected chi connectivity index (χ1v) is 10.4. The van der Waals surface area contributed by atoms with E-state index in [0.717, 1.165) is 0 Å². The van der Waals surface area contributed by atoms with Crippen LogP contribution in [0.4, 0.5) is 4.79 Å². The van der Waals surface area contributed by atoms with Gasteiger partial charge >= 0.3 is 6.09 Å². The molecule has 168 valence electrons. The van der Waals surface area contributed by atoms with E-state index in [2.05, 4.69) is 26.3 Å². The van der Waals surface area contributed by atoms with Crippen molar-refractivity contribution in [2.24, 2.45) is 4.99 Å². The van der Waals surface area contributed by atoms with Crippen molar-refractivity contribution in [3.8, 4) is 0 Å². The highest BCUT2D eigenvalue weighted by molar-refractivity contribution is 6.33. The van der Waals surface area contributed by atoms with E-state index in [1.807, 2.05) is 41.5 Å². The number of benzene rings is 1. The van der Waals surface area contributed by atoms with Crippen molar-refractivity contribution in [3.05, 3.63) is 34.9 Å². The van der Waals surface area contributed by atoms with E-state index in [9.17, 15) is 9.59 Å². The molecule has 0 saturated heterocycles. The lowest BCUT2D eigenvalue weighted by atomic mass is 10.1. The third kappa shape index (κ3) is 10.3. The fraction of sp³-hybridized carbons (Fsp3) is 0.571. The lowest BCUT2D eigenvalue weighted by Crippen LogP contribution is -2.49. The molecule has 1 aromatic rings. The first-order chi connectivity index (χ1) is 13.9. The van der Waals surface area contributed by atoms with Crippen LogP contribution < -0.4 is 21.3 Å². The molecule has 9 heteroatoms. The Balaban J connectivity index is 2.52. The molecule has 0 aliphatic carbocycles. The number of ether oxygens (including phenoxy) is 1. The molecule has 0 bridgehead atoms. The molecule has 0 saturated carbocycles. The van der Waals surface area contributed by atoms with Crippen LogP contribution in [0.25, 0.3) is 0 Å². The molecule has 4 N–H and O–H groups in total. The van der Waals surface area contributed by atoms with E-state index in [1.165, 1.54) is 0 Å². The summed E-state index contributed by atoms with van der Waals surface area (Å²) in [5.74, 6) is 0.357. The zero-order valence-electron chi connectivity index (χ0n) is 18.7. The normalized spacial score (nSPS) is 12.2. The third-order valence-electron chi connectivity index (χ3n) is 3.64. The van der Waals surface area contributed by atoms with Crippen molar-refractivity contribution in [1.29, 1.82) is 0 Å². The smallest absolute Gasteiger partial charge is 0.408 e. The van der Waals surface area contributed by atoms with Crippen LogP contribution in [-0.4, -0.2) is 55.3 Å². The number of amides is 2. The van der Waals surface area contributed by atoms with Gasteiger partial charge < -0.3 is 26.0 Å². The second-order valence-electron chi connectivity index (χ2n) is 8.37.